The van der Waals surface area contributed by atoms with E-state index in [2.05, 4.69) is 26.4 Å². The largest absolute Gasteiger partial charge is 0.497 e. The predicted octanol–water partition coefficient (Wildman–Crippen LogP) is 5.59. The van der Waals surface area contributed by atoms with Gasteiger partial charge in [-0.2, -0.15) is 0 Å². The van der Waals surface area contributed by atoms with Crippen LogP contribution in [0, 0.1) is 0 Å². The molecule has 10 heteroatoms. The molecule has 176 valence electrons. The molecule has 0 aliphatic rings. The zero-order chi connectivity index (χ0) is 24.1. The molecule has 0 unspecified atom stereocenters. The number of sulfonamides is 1. The third-order valence-corrected chi connectivity index (χ3v) is 7.31. The van der Waals surface area contributed by atoms with Gasteiger partial charge in [0.05, 0.1) is 31.3 Å². The Morgan fingerprint density at radius 1 is 0.971 bits per heavy atom. The average Bonchev–Trinajstić information content (AvgIpc) is 3.38. The van der Waals surface area contributed by atoms with Crippen LogP contribution in [0.3, 0.4) is 0 Å². The molecule has 0 aliphatic heterocycles. The fourth-order valence-corrected chi connectivity index (χ4v) is 5.02. The molecule has 4 aromatic rings. The standard InChI is InChI=1S/C24H22BrN3O5S/c1-31-20-8-3-17(4-9-20)16-28(24-13-14-33-27-24)34(29,30)21-10-6-19(7-11-21)26-22-12-5-18(25)15-23(22)32-2/h3-15,26H,16H2,1-2H3. The van der Waals surface area contributed by atoms with Crippen LogP contribution in [0.25, 0.3) is 0 Å². The van der Waals surface area contributed by atoms with Gasteiger partial charge in [-0.3, -0.25) is 0 Å². The Hall–Kier alpha value is -3.50. The number of methoxy groups -OCH3 is 2. The lowest BCUT2D eigenvalue weighted by molar-refractivity contribution is 0.414. The molecule has 0 fully saturated rings. The maximum absolute atomic E-state index is 13.5. The molecule has 0 bridgehead atoms. The summed E-state index contributed by atoms with van der Waals surface area (Å²) < 4.78 is 44.7. The third-order valence-electron chi connectivity index (χ3n) is 5.05. The average molecular weight is 544 g/mol. The lowest BCUT2D eigenvalue weighted by Gasteiger charge is -2.22. The molecular formula is C24H22BrN3O5S. The van der Waals surface area contributed by atoms with E-state index >= 15 is 0 Å². The Balaban J connectivity index is 1.60. The van der Waals surface area contributed by atoms with E-state index in [1.54, 1.807) is 62.8 Å². The Bertz CT molecular complexity index is 1340. The maximum Gasteiger partial charge on any atom is 0.265 e. The van der Waals surface area contributed by atoms with Gasteiger partial charge in [-0.25, -0.2) is 12.7 Å². The minimum absolute atomic E-state index is 0.0783. The molecular weight excluding hydrogens is 522 g/mol. The summed E-state index contributed by atoms with van der Waals surface area (Å²) in [6, 6.07) is 20.8. The first-order valence-corrected chi connectivity index (χ1v) is 12.4. The zero-order valence-electron chi connectivity index (χ0n) is 18.4. The highest BCUT2D eigenvalue weighted by Crippen LogP contribution is 2.32. The van der Waals surface area contributed by atoms with Crippen LogP contribution in [0.4, 0.5) is 17.2 Å². The van der Waals surface area contributed by atoms with Crippen molar-refractivity contribution < 1.29 is 22.4 Å². The van der Waals surface area contributed by atoms with Crippen molar-refractivity contribution in [3.05, 3.63) is 89.1 Å². The van der Waals surface area contributed by atoms with E-state index in [0.717, 1.165) is 15.7 Å². The second-order valence-corrected chi connectivity index (χ2v) is 9.99. The van der Waals surface area contributed by atoms with E-state index in [1.165, 1.54) is 16.6 Å². The molecule has 1 N–H and O–H groups in total. The van der Waals surface area contributed by atoms with Crippen molar-refractivity contribution in [1.29, 1.82) is 0 Å². The van der Waals surface area contributed by atoms with Gasteiger partial charge in [-0.1, -0.05) is 33.2 Å². The Morgan fingerprint density at radius 2 is 1.71 bits per heavy atom. The molecule has 0 amide bonds. The smallest absolute Gasteiger partial charge is 0.265 e. The van der Waals surface area contributed by atoms with Gasteiger partial charge in [0.1, 0.15) is 17.8 Å². The van der Waals surface area contributed by atoms with E-state index < -0.39 is 10.0 Å². The van der Waals surface area contributed by atoms with E-state index in [9.17, 15) is 8.42 Å². The summed E-state index contributed by atoms with van der Waals surface area (Å²) in [4.78, 5) is 0.123. The third kappa shape index (κ3) is 5.18. The molecule has 0 aliphatic carbocycles. The van der Waals surface area contributed by atoms with E-state index in [4.69, 9.17) is 14.0 Å². The lowest BCUT2D eigenvalue weighted by atomic mass is 10.2. The van der Waals surface area contributed by atoms with Crippen molar-refractivity contribution in [1.82, 2.24) is 5.16 Å². The van der Waals surface area contributed by atoms with Gasteiger partial charge >= 0.3 is 0 Å². The minimum Gasteiger partial charge on any atom is -0.497 e. The monoisotopic (exact) mass is 543 g/mol. The van der Waals surface area contributed by atoms with Crippen LogP contribution in [-0.4, -0.2) is 27.8 Å². The summed E-state index contributed by atoms with van der Waals surface area (Å²) in [5, 5.41) is 7.10. The number of nitrogens with one attached hydrogen (secondary N) is 1. The topological polar surface area (TPSA) is 93.9 Å². The highest BCUT2D eigenvalue weighted by Gasteiger charge is 2.27. The second-order valence-electron chi connectivity index (χ2n) is 7.21. The molecule has 0 spiro atoms. The number of rotatable bonds is 9. The molecule has 1 aromatic heterocycles. The van der Waals surface area contributed by atoms with Gasteiger partial charge < -0.3 is 19.3 Å². The van der Waals surface area contributed by atoms with Gasteiger partial charge in [-0.05, 0) is 60.2 Å². The van der Waals surface area contributed by atoms with E-state index in [1.807, 2.05) is 18.2 Å². The summed E-state index contributed by atoms with van der Waals surface area (Å²) in [6.07, 6.45) is 1.34. The Labute approximate surface area is 206 Å². The number of hydrogen-bond acceptors (Lipinski definition) is 7. The Kier molecular flexibility index (Phi) is 7.09. The van der Waals surface area contributed by atoms with Crippen molar-refractivity contribution in [2.45, 2.75) is 11.4 Å². The van der Waals surface area contributed by atoms with Gasteiger partial charge in [0.2, 0.25) is 0 Å². The number of anilines is 3. The highest BCUT2D eigenvalue weighted by atomic mass is 79.9. The van der Waals surface area contributed by atoms with Crippen LogP contribution < -0.4 is 19.1 Å². The van der Waals surface area contributed by atoms with Crippen LogP contribution in [-0.2, 0) is 16.6 Å². The van der Waals surface area contributed by atoms with Crippen LogP contribution in [0.15, 0.2) is 93.0 Å². The molecule has 34 heavy (non-hydrogen) atoms. The van der Waals surface area contributed by atoms with Crippen molar-refractivity contribution in [2.24, 2.45) is 0 Å². The van der Waals surface area contributed by atoms with Gasteiger partial charge in [0, 0.05) is 16.2 Å². The molecule has 4 rings (SSSR count). The van der Waals surface area contributed by atoms with Crippen molar-refractivity contribution in [2.75, 3.05) is 23.8 Å². The Morgan fingerprint density at radius 3 is 2.32 bits per heavy atom. The van der Waals surface area contributed by atoms with Crippen molar-refractivity contribution >= 4 is 43.1 Å². The fraction of sp³-hybridized carbons (Fsp3) is 0.125. The molecule has 0 atom stereocenters. The normalized spacial score (nSPS) is 11.1. The van der Waals surface area contributed by atoms with Gasteiger partial charge in [-0.15, -0.1) is 0 Å². The predicted molar refractivity (Wildman–Crippen MR) is 133 cm³/mol. The van der Waals surface area contributed by atoms with Crippen LogP contribution in [0.5, 0.6) is 11.5 Å². The molecule has 3 aromatic carbocycles. The molecule has 1 heterocycles. The quantitative estimate of drug-likeness (QED) is 0.294. The van der Waals surface area contributed by atoms with Crippen LogP contribution in [0.1, 0.15) is 5.56 Å². The van der Waals surface area contributed by atoms with E-state index in [0.29, 0.717) is 17.2 Å². The SMILES string of the molecule is COc1ccc(CN(c2ccon2)S(=O)(=O)c2ccc(Nc3ccc(Br)cc3OC)cc2)cc1. The number of hydrogen-bond donors (Lipinski definition) is 1. The summed E-state index contributed by atoms with van der Waals surface area (Å²) in [7, 11) is -0.762. The highest BCUT2D eigenvalue weighted by molar-refractivity contribution is 9.10. The maximum atomic E-state index is 13.5. The lowest BCUT2D eigenvalue weighted by Crippen LogP contribution is -2.30. The first kappa shape index (κ1) is 23.7. The summed E-state index contributed by atoms with van der Waals surface area (Å²) in [6.45, 7) is 0.0783. The molecule has 0 saturated heterocycles. The van der Waals surface area contributed by atoms with Crippen LogP contribution >= 0.6 is 15.9 Å². The number of ether oxygens (including phenoxy) is 2. The summed E-state index contributed by atoms with van der Waals surface area (Å²) in [5.41, 5.74) is 2.24. The zero-order valence-corrected chi connectivity index (χ0v) is 20.8. The van der Waals surface area contributed by atoms with Crippen molar-refractivity contribution in [3.8, 4) is 11.5 Å². The number of halogens is 1. The number of nitrogens with zero attached hydrogens (tertiary/aromatic N) is 2. The number of aromatic nitrogens is 1. The van der Waals surface area contributed by atoms with Crippen molar-refractivity contribution in [3.63, 3.8) is 0 Å². The van der Waals surface area contributed by atoms with Gasteiger partial charge in [0.15, 0.2) is 5.82 Å². The summed E-state index contributed by atoms with van der Waals surface area (Å²) in [5.74, 6) is 1.53. The first-order chi connectivity index (χ1) is 16.4. The fourth-order valence-electron chi connectivity index (χ4n) is 3.28. The minimum atomic E-state index is -3.93. The summed E-state index contributed by atoms with van der Waals surface area (Å²) >= 11 is 3.42. The van der Waals surface area contributed by atoms with Gasteiger partial charge in [0.25, 0.3) is 10.0 Å². The van der Waals surface area contributed by atoms with Crippen LogP contribution in [0.2, 0.25) is 0 Å². The first-order valence-electron chi connectivity index (χ1n) is 10.2. The molecule has 0 radical (unpaired) electrons. The number of benzene rings is 3. The second kappa shape index (κ2) is 10.2. The molecule has 8 nitrogen and oxygen atoms in total. The van der Waals surface area contributed by atoms with E-state index in [-0.39, 0.29) is 17.3 Å². The molecule has 0 saturated carbocycles.